The first-order valence-corrected chi connectivity index (χ1v) is 6.40. The molecule has 98 valence electrons. The average Bonchev–Trinajstić information content (AvgIpc) is 2.67. The van der Waals surface area contributed by atoms with Crippen molar-refractivity contribution in [2.45, 2.75) is 33.2 Å². The van der Waals surface area contributed by atoms with E-state index in [1.54, 1.807) is 0 Å². The number of nitriles is 1. The summed E-state index contributed by atoms with van der Waals surface area (Å²) in [5.41, 5.74) is 10.6. The van der Waals surface area contributed by atoms with Crippen molar-refractivity contribution in [3.05, 3.63) is 46.8 Å². The van der Waals surface area contributed by atoms with Crippen molar-refractivity contribution in [1.82, 2.24) is 9.78 Å². The number of aryl methyl sites for hydroxylation is 3. The molecule has 2 rings (SSSR count). The van der Waals surface area contributed by atoms with Crippen LogP contribution < -0.4 is 5.73 Å². The van der Waals surface area contributed by atoms with Crippen LogP contribution in [0.2, 0.25) is 0 Å². The third kappa shape index (κ3) is 2.94. The third-order valence-electron chi connectivity index (χ3n) is 3.36. The Morgan fingerprint density at radius 3 is 2.47 bits per heavy atom. The maximum atomic E-state index is 8.74. The molecule has 0 unspecified atom stereocenters. The van der Waals surface area contributed by atoms with Crippen LogP contribution in [0.3, 0.4) is 0 Å². The zero-order valence-corrected chi connectivity index (χ0v) is 11.3. The molecule has 2 N–H and O–H groups in total. The number of nitrogen functional groups attached to an aromatic ring is 1. The van der Waals surface area contributed by atoms with Gasteiger partial charge in [-0.3, -0.25) is 4.68 Å². The van der Waals surface area contributed by atoms with E-state index in [1.807, 2.05) is 42.8 Å². The number of nitrogens with zero attached hydrogens (tertiary/aromatic N) is 3. The number of rotatable bonds is 4. The molecule has 0 fully saturated rings. The van der Waals surface area contributed by atoms with E-state index in [9.17, 15) is 0 Å². The predicted molar refractivity (Wildman–Crippen MR) is 75.6 cm³/mol. The molecule has 0 bridgehead atoms. The molecule has 4 nitrogen and oxygen atoms in total. The smallest absolute Gasteiger partial charge is 0.0991 e. The molecule has 19 heavy (non-hydrogen) atoms. The van der Waals surface area contributed by atoms with E-state index in [1.165, 1.54) is 5.56 Å². The molecule has 0 spiro atoms. The van der Waals surface area contributed by atoms with Gasteiger partial charge in [0.15, 0.2) is 0 Å². The van der Waals surface area contributed by atoms with Crippen LogP contribution in [0.1, 0.15) is 28.9 Å². The molecule has 0 saturated heterocycles. The molecule has 4 heteroatoms. The highest BCUT2D eigenvalue weighted by atomic mass is 15.3. The van der Waals surface area contributed by atoms with Gasteiger partial charge in [0.2, 0.25) is 0 Å². The fraction of sp³-hybridized carbons (Fsp3) is 0.333. The van der Waals surface area contributed by atoms with Crippen LogP contribution in [0.25, 0.3) is 0 Å². The van der Waals surface area contributed by atoms with Gasteiger partial charge in [0, 0.05) is 6.54 Å². The second-order valence-corrected chi connectivity index (χ2v) is 4.72. The van der Waals surface area contributed by atoms with E-state index in [-0.39, 0.29) is 0 Å². The van der Waals surface area contributed by atoms with Crippen molar-refractivity contribution in [1.29, 1.82) is 5.26 Å². The molecule has 1 heterocycles. The van der Waals surface area contributed by atoms with Crippen molar-refractivity contribution in [3.8, 4) is 6.07 Å². The molecule has 1 aromatic carbocycles. The minimum atomic E-state index is 0.704. The fourth-order valence-corrected chi connectivity index (χ4v) is 2.11. The number of hydrogen-bond acceptors (Lipinski definition) is 3. The van der Waals surface area contributed by atoms with E-state index in [0.29, 0.717) is 5.56 Å². The van der Waals surface area contributed by atoms with E-state index >= 15 is 0 Å². The zero-order valence-electron chi connectivity index (χ0n) is 11.3. The summed E-state index contributed by atoms with van der Waals surface area (Å²) in [6, 6.07) is 9.86. The van der Waals surface area contributed by atoms with Crippen LogP contribution in [-0.4, -0.2) is 9.78 Å². The lowest BCUT2D eigenvalue weighted by Crippen LogP contribution is -2.04. The van der Waals surface area contributed by atoms with Gasteiger partial charge in [-0.15, -0.1) is 0 Å². The largest absolute Gasteiger partial charge is 0.396 e. The van der Waals surface area contributed by atoms with Gasteiger partial charge in [-0.25, -0.2) is 0 Å². The summed E-state index contributed by atoms with van der Waals surface area (Å²) in [4.78, 5) is 0. The lowest BCUT2D eigenvalue weighted by atomic mass is 10.1. The maximum absolute atomic E-state index is 8.74. The van der Waals surface area contributed by atoms with Crippen LogP contribution in [0.4, 0.5) is 5.69 Å². The minimum Gasteiger partial charge on any atom is -0.396 e. The highest BCUT2D eigenvalue weighted by Crippen LogP contribution is 2.15. The molecular formula is C15H18N4. The highest BCUT2D eigenvalue weighted by molar-refractivity contribution is 5.46. The number of aromatic nitrogens is 2. The van der Waals surface area contributed by atoms with Gasteiger partial charge in [0.25, 0.3) is 0 Å². The Labute approximate surface area is 113 Å². The van der Waals surface area contributed by atoms with E-state index in [2.05, 4.69) is 11.2 Å². The van der Waals surface area contributed by atoms with Gasteiger partial charge >= 0.3 is 0 Å². The van der Waals surface area contributed by atoms with Crippen molar-refractivity contribution in [2.24, 2.45) is 0 Å². The van der Waals surface area contributed by atoms with Crippen LogP contribution in [0, 0.1) is 25.2 Å². The fourth-order valence-electron chi connectivity index (χ4n) is 2.11. The first-order chi connectivity index (χ1) is 9.11. The van der Waals surface area contributed by atoms with Crippen LogP contribution in [0.5, 0.6) is 0 Å². The summed E-state index contributed by atoms with van der Waals surface area (Å²) in [7, 11) is 0. The first kappa shape index (κ1) is 13.2. The third-order valence-corrected chi connectivity index (χ3v) is 3.36. The summed E-state index contributed by atoms with van der Waals surface area (Å²) in [5.74, 6) is 0. The lowest BCUT2D eigenvalue weighted by molar-refractivity contribution is 0.562. The van der Waals surface area contributed by atoms with E-state index < -0.39 is 0 Å². The number of nitrogens with two attached hydrogens (primary N) is 1. The topological polar surface area (TPSA) is 67.6 Å². The Kier molecular flexibility index (Phi) is 3.86. The molecule has 0 aliphatic rings. The normalized spacial score (nSPS) is 10.4. The van der Waals surface area contributed by atoms with Gasteiger partial charge in [0.1, 0.15) is 0 Å². The molecule has 0 aliphatic carbocycles. The van der Waals surface area contributed by atoms with Gasteiger partial charge in [-0.1, -0.05) is 12.1 Å². The van der Waals surface area contributed by atoms with Gasteiger partial charge in [0.05, 0.1) is 28.7 Å². The second kappa shape index (κ2) is 5.57. The van der Waals surface area contributed by atoms with Gasteiger partial charge in [-0.2, -0.15) is 10.4 Å². The molecule has 0 saturated carbocycles. The Morgan fingerprint density at radius 1 is 1.26 bits per heavy atom. The van der Waals surface area contributed by atoms with E-state index in [0.717, 1.165) is 36.5 Å². The molecule has 0 amide bonds. The molecule has 1 aromatic heterocycles. The molecule has 0 atom stereocenters. The Bertz CT molecular complexity index is 602. The van der Waals surface area contributed by atoms with Crippen LogP contribution >= 0.6 is 0 Å². The van der Waals surface area contributed by atoms with Crippen molar-refractivity contribution in [3.63, 3.8) is 0 Å². The summed E-state index contributed by atoms with van der Waals surface area (Å²) in [6.07, 6.45) is 1.98. The highest BCUT2D eigenvalue weighted by Gasteiger charge is 2.07. The van der Waals surface area contributed by atoms with Gasteiger partial charge in [-0.05, 0) is 44.4 Å². The van der Waals surface area contributed by atoms with Crippen molar-refractivity contribution < 1.29 is 0 Å². The zero-order chi connectivity index (χ0) is 13.8. The monoisotopic (exact) mass is 254 g/mol. The Balaban J connectivity index is 1.92. The summed E-state index contributed by atoms with van der Waals surface area (Å²) in [6.45, 7) is 4.79. The summed E-state index contributed by atoms with van der Waals surface area (Å²) >= 11 is 0. The minimum absolute atomic E-state index is 0.704. The Morgan fingerprint density at radius 2 is 1.95 bits per heavy atom. The van der Waals surface area contributed by atoms with Crippen molar-refractivity contribution >= 4 is 5.69 Å². The van der Waals surface area contributed by atoms with Gasteiger partial charge < -0.3 is 5.73 Å². The standard InChI is InChI=1S/C15H18N4/c1-11-15(17)12(2)19(18-11)9-3-4-13-5-7-14(10-16)8-6-13/h5-8H,3-4,9,17H2,1-2H3. The SMILES string of the molecule is Cc1nn(CCCc2ccc(C#N)cc2)c(C)c1N. The van der Waals surface area contributed by atoms with E-state index in [4.69, 9.17) is 11.0 Å². The van der Waals surface area contributed by atoms with Crippen LogP contribution in [0.15, 0.2) is 24.3 Å². The number of benzene rings is 1. The second-order valence-electron chi connectivity index (χ2n) is 4.72. The first-order valence-electron chi connectivity index (χ1n) is 6.40. The quantitative estimate of drug-likeness (QED) is 0.911. The molecule has 0 aliphatic heterocycles. The average molecular weight is 254 g/mol. The molecular weight excluding hydrogens is 236 g/mol. The maximum Gasteiger partial charge on any atom is 0.0991 e. The molecule has 2 aromatic rings. The number of anilines is 1. The molecule has 0 radical (unpaired) electrons. The Hall–Kier alpha value is -2.28. The summed E-state index contributed by atoms with van der Waals surface area (Å²) < 4.78 is 1.97. The predicted octanol–water partition coefficient (Wildman–Crippen LogP) is 2.59. The lowest BCUT2D eigenvalue weighted by Gasteiger charge is -2.05. The van der Waals surface area contributed by atoms with Crippen molar-refractivity contribution in [2.75, 3.05) is 5.73 Å². The van der Waals surface area contributed by atoms with Crippen LogP contribution in [-0.2, 0) is 13.0 Å². The summed E-state index contributed by atoms with van der Waals surface area (Å²) in [5, 5.41) is 13.2. The number of hydrogen-bond donors (Lipinski definition) is 1.